The van der Waals surface area contributed by atoms with E-state index < -0.39 is 0 Å². The molecule has 0 atom stereocenters. The molecule has 0 saturated heterocycles. The van der Waals surface area contributed by atoms with Crippen LogP contribution in [0.1, 0.15) is 21.5 Å². The monoisotopic (exact) mass is 430 g/mol. The van der Waals surface area contributed by atoms with Gasteiger partial charge in [-0.05, 0) is 61.4 Å². The first-order chi connectivity index (χ1) is 13.5. The Morgan fingerprint density at radius 1 is 0.893 bits per heavy atom. The molecule has 4 rings (SSSR count). The summed E-state index contributed by atoms with van der Waals surface area (Å²) in [6, 6.07) is 23.5. The van der Waals surface area contributed by atoms with Crippen LogP contribution in [-0.2, 0) is 0 Å². The summed E-state index contributed by atoms with van der Waals surface area (Å²) < 4.78 is 0.912. The smallest absolute Gasteiger partial charge is 0.256 e. The van der Waals surface area contributed by atoms with Gasteiger partial charge in [-0.2, -0.15) is 0 Å². The second-order valence-electron chi connectivity index (χ2n) is 6.84. The van der Waals surface area contributed by atoms with E-state index in [1.807, 2.05) is 79.7 Å². The molecule has 0 aliphatic rings. The number of amides is 1. The minimum Gasteiger partial charge on any atom is -0.322 e. The van der Waals surface area contributed by atoms with Gasteiger partial charge in [0.25, 0.3) is 5.91 Å². The largest absolute Gasteiger partial charge is 0.322 e. The lowest BCUT2D eigenvalue weighted by Gasteiger charge is -2.12. The molecule has 1 heterocycles. The van der Waals surface area contributed by atoms with E-state index in [-0.39, 0.29) is 5.91 Å². The molecule has 4 heteroatoms. The zero-order chi connectivity index (χ0) is 19.7. The SMILES string of the molecule is Cc1ccc(NC(=O)c2cc(-c3ccccc3)nc3ccc(Br)cc23)cc1C. The Balaban J connectivity index is 1.82. The van der Waals surface area contributed by atoms with Crippen molar-refractivity contribution in [1.29, 1.82) is 0 Å². The van der Waals surface area contributed by atoms with E-state index in [4.69, 9.17) is 4.98 Å². The van der Waals surface area contributed by atoms with Crippen LogP contribution in [0.3, 0.4) is 0 Å². The average molecular weight is 431 g/mol. The van der Waals surface area contributed by atoms with E-state index in [9.17, 15) is 4.79 Å². The Labute approximate surface area is 172 Å². The van der Waals surface area contributed by atoms with Crippen LogP contribution in [-0.4, -0.2) is 10.9 Å². The molecule has 0 aliphatic heterocycles. The third-order valence-corrected chi connectivity index (χ3v) is 5.34. The Kier molecular flexibility index (Phi) is 4.97. The predicted molar refractivity (Wildman–Crippen MR) is 119 cm³/mol. The van der Waals surface area contributed by atoms with E-state index in [1.165, 1.54) is 5.56 Å². The highest BCUT2D eigenvalue weighted by atomic mass is 79.9. The minimum absolute atomic E-state index is 0.147. The van der Waals surface area contributed by atoms with Gasteiger partial charge < -0.3 is 5.32 Å². The molecule has 3 nitrogen and oxygen atoms in total. The van der Waals surface area contributed by atoms with Crippen LogP contribution in [0.5, 0.6) is 0 Å². The second kappa shape index (κ2) is 7.56. The molecule has 1 N–H and O–H groups in total. The van der Waals surface area contributed by atoms with Gasteiger partial charge in [-0.1, -0.05) is 52.3 Å². The standard InChI is InChI=1S/C24H19BrN2O/c1-15-8-10-19(12-16(15)2)26-24(28)21-14-23(17-6-4-3-5-7-17)27-22-11-9-18(25)13-20(21)22/h3-14H,1-2H3,(H,26,28). The molecule has 1 aromatic heterocycles. The predicted octanol–water partition coefficient (Wildman–Crippen LogP) is 6.53. The van der Waals surface area contributed by atoms with Crippen LogP contribution in [0.4, 0.5) is 5.69 Å². The Morgan fingerprint density at radius 3 is 2.43 bits per heavy atom. The van der Waals surface area contributed by atoms with Crippen molar-refractivity contribution < 1.29 is 4.79 Å². The number of rotatable bonds is 3. The Morgan fingerprint density at radius 2 is 1.68 bits per heavy atom. The van der Waals surface area contributed by atoms with E-state index in [1.54, 1.807) is 0 Å². The van der Waals surface area contributed by atoms with Crippen molar-refractivity contribution in [2.45, 2.75) is 13.8 Å². The van der Waals surface area contributed by atoms with Crippen LogP contribution < -0.4 is 5.32 Å². The highest BCUT2D eigenvalue weighted by molar-refractivity contribution is 9.10. The number of carbonyl (C=O) groups is 1. The number of anilines is 1. The summed E-state index contributed by atoms with van der Waals surface area (Å²) in [7, 11) is 0. The summed E-state index contributed by atoms with van der Waals surface area (Å²) in [5, 5.41) is 3.85. The number of benzene rings is 3. The summed E-state index contributed by atoms with van der Waals surface area (Å²) in [5.41, 5.74) is 6.27. The van der Waals surface area contributed by atoms with Gasteiger partial charge in [0, 0.05) is 21.1 Å². The van der Waals surface area contributed by atoms with Crippen molar-refractivity contribution >= 4 is 38.4 Å². The number of hydrogen-bond acceptors (Lipinski definition) is 2. The maximum atomic E-state index is 13.2. The molecule has 0 aliphatic carbocycles. The number of pyridine rings is 1. The fourth-order valence-corrected chi connectivity index (χ4v) is 3.52. The number of halogens is 1. The van der Waals surface area contributed by atoms with Crippen molar-refractivity contribution in [3.8, 4) is 11.3 Å². The van der Waals surface area contributed by atoms with Crippen LogP contribution in [0.25, 0.3) is 22.2 Å². The number of nitrogens with one attached hydrogen (secondary N) is 1. The molecular formula is C24H19BrN2O. The van der Waals surface area contributed by atoms with E-state index in [0.717, 1.165) is 37.9 Å². The summed E-state index contributed by atoms with van der Waals surface area (Å²) in [4.78, 5) is 17.9. The maximum Gasteiger partial charge on any atom is 0.256 e. The second-order valence-corrected chi connectivity index (χ2v) is 7.75. The number of nitrogens with zero attached hydrogens (tertiary/aromatic N) is 1. The Bertz CT molecular complexity index is 1190. The molecule has 0 fully saturated rings. The van der Waals surface area contributed by atoms with Crippen molar-refractivity contribution in [3.05, 3.63) is 94.0 Å². The summed E-state index contributed by atoms with van der Waals surface area (Å²) >= 11 is 3.50. The quantitative estimate of drug-likeness (QED) is 0.401. The van der Waals surface area contributed by atoms with Crippen LogP contribution in [0.15, 0.2) is 77.3 Å². The number of aromatic nitrogens is 1. The minimum atomic E-state index is -0.147. The third-order valence-electron chi connectivity index (χ3n) is 4.85. The summed E-state index contributed by atoms with van der Waals surface area (Å²) in [6.45, 7) is 4.10. The van der Waals surface area contributed by atoms with Crippen LogP contribution >= 0.6 is 15.9 Å². The van der Waals surface area contributed by atoms with Gasteiger partial charge in [0.15, 0.2) is 0 Å². The molecule has 0 spiro atoms. The maximum absolute atomic E-state index is 13.2. The van der Waals surface area contributed by atoms with Crippen molar-refractivity contribution in [2.75, 3.05) is 5.32 Å². The topological polar surface area (TPSA) is 42.0 Å². The van der Waals surface area contributed by atoms with Crippen LogP contribution in [0, 0.1) is 13.8 Å². The van der Waals surface area contributed by atoms with E-state index in [0.29, 0.717) is 5.56 Å². The molecule has 4 aromatic rings. The van der Waals surface area contributed by atoms with Crippen molar-refractivity contribution in [2.24, 2.45) is 0 Å². The zero-order valence-corrected chi connectivity index (χ0v) is 17.2. The fourth-order valence-electron chi connectivity index (χ4n) is 3.16. The summed E-state index contributed by atoms with van der Waals surface area (Å²) in [6.07, 6.45) is 0. The molecule has 0 radical (unpaired) electrons. The first kappa shape index (κ1) is 18.4. The van der Waals surface area contributed by atoms with Gasteiger partial charge in [0.05, 0.1) is 16.8 Å². The van der Waals surface area contributed by atoms with Gasteiger partial charge in [0.1, 0.15) is 0 Å². The lowest BCUT2D eigenvalue weighted by atomic mass is 10.0. The number of hydrogen-bond donors (Lipinski definition) is 1. The third kappa shape index (κ3) is 3.69. The summed E-state index contributed by atoms with van der Waals surface area (Å²) in [5.74, 6) is -0.147. The first-order valence-electron chi connectivity index (χ1n) is 9.05. The van der Waals surface area contributed by atoms with Gasteiger partial charge >= 0.3 is 0 Å². The molecule has 0 bridgehead atoms. The molecule has 3 aromatic carbocycles. The molecular weight excluding hydrogens is 412 g/mol. The lowest BCUT2D eigenvalue weighted by molar-refractivity contribution is 0.102. The average Bonchev–Trinajstić information content (AvgIpc) is 2.70. The zero-order valence-electron chi connectivity index (χ0n) is 15.7. The van der Waals surface area contributed by atoms with Gasteiger partial charge in [-0.25, -0.2) is 4.98 Å². The van der Waals surface area contributed by atoms with Gasteiger partial charge in [-0.3, -0.25) is 4.79 Å². The van der Waals surface area contributed by atoms with Gasteiger partial charge in [-0.15, -0.1) is 0 Å². The lowest BCUT2D eigenvalue weighted by Crippen LogP contribution is -2.13. The van der Waals surface area contributed by atoms with E-state index >= 15 is 0 Å². The van der Waals surface area contributed by atoms with Crippen molar-refractivity contribution in [1.82, 2.24) is 4.98 Å². The number of carbonyl (C=O) groups excluding carboxylic acids is 1. The Hall–Kier alpha value is -2.98. The highest BCUT2D eigenvalue weighted by Crippen LogP contribution is 2.28. The normalized spacial score (nSPS) is 10.8. The molecule has 0 saturated carbocycles. The van der Waals surface area contributed by atoms with Crippen molar-refractivity contribution in [3.63, 3.8) is 0 Å². The molecule has 28 heavy (non-hydrogen) atoms. The fraction of sp³-hybridized carbons (Fsp3) is 0.0833. The number of aryl methyl sites for hydroxylation is 2. The van der Waals surface area contributed by atoms with Crippen LogP contribution in [0.2, 0.25) is 0 Å². The van der Waals surface area contributed by atoms with E-state index in [2.05, 4.69) is 28.2 Å². The highest BCUT2D eigenvalue weighted by Gasteiger charge is 2.15. The molecule has 0 unspecified atom stereocenters. The molecule has 138 valence electrons. The van der Waals surface area contributed by atoms with Gasteiger partial charge in [0.2, 0.25) is 0 Å². The number of fused-ring (bicyclic) bond motifs is 1. The first-order valence-corrected chi connectivity index (χ1v) is 9.85. The molecule has 1 amide bonds.